The average Bonchev–Trinajstić information content (AvgIpc) is 2.81. The molecule has 1 aromatic rings. The molecule has 0 bridgehead atoms. The predicted molar refractivity (Wildman–Crippen MR) is 56.8 cm³/mol. The van der Waals surface area contributed by atoms with Crippen LogP contribution in [0.4, 0.5) is 13.2 Å². The maximum Gasteiger partial charge on any atom is 0.490 e. The molecule has 19 heavy (non-hydrogen) atoms. The second-order valence-corrected chi connectivity index (χ2v) is 3.80. The van der Waals surface area contributed by atoms with Crippen LogP contribution in [0.3, 0.4) is 0 Å². The van der Waals surface area contributed by atoms with Gasteiger partial charge in [0.15, 0.2) is 6.10 Å². The van der Waals surface area contributed by atoms with Crippen molar-refractivity contribution in [1.29, 1.82) is 0 Å². The molecule has 0 spiro atoms. The molecular weight excluding hydrogens is 267 g/mol. The molecule has 2 atom stereocenters. The summed E-state index contributed by atoms with van der Waals surface area (Å²) in [6.07, 6.45) is -5.79. The van der Waals surface area contributed by atoms with Gasteiger partial charge in [0.1, 0.15) is 0 Å². The highest BCUT2D eigenvalue weighted by Gasteiger charge is 2.44. The smallest absolute Gasteiger partial charge is 0.446 e. The highest BCUT2D eigenvalue weighted by molar-refractivity contribution is 5.75. The second kappa shape index (κ2) is 6.00. The summed E-state index contributed by atoms with van der Waals surface area (Å²) in [5, 5.41) is 3.48. The van der Waals surface area contributed by atoms with Gasteiger partial charge < -0.3 is 15.0 Å². The number of alkyl halides is 3. The maximum atomic E-state index is 12.2. The van der Waals surface area contributed by atoms with Crippen LogP contribution in [0.15, 0.2) is 4.52 Å². The SMILES string of the molecule is CCc1nc(C(OC(=O)C(F)(F)F)C(N)CC)no1. The lowest BCUT2D eigenvalue weighted by molar-refractivity contribution is -0.206. The molecule has 108 valence electrons. The van der Waals surface area contributed by atoms with Crippen LogP contribution in [0.5, 0.6) is 0 Å². The summed E-state index contributed by atoms with van der Waals surface area (Å²) in [5.74, 6) is -2.26. The lowest BCUT2D eigenvalue weighted by Crippen LogP contribution is -2.36. The Morgan fingerprint density at radius 1 is 1.47 bits per heavy atom. The monoisotopic (exact) mass is 281 g/mol. The molecule has 0 amide bonds. The highest BCUT2D eigenvalue weighted by Crippen LogP contribution is 2.25. The van der Waals surface area contributed by atoms with Crippen LogP contribution >= 0.6 is 0 Å². The lowest BCUT2D eigenvalue weighted by atomic mass is 10.1. The van der Waals surface area contributed by atoms with Crippen molar-refractivity contribution in [3.8, 4) is 0 Å². The third kappa shape index (κ3) is 3.91. The van der Waals surface area contributed by atoms with Crippen molar-refractivity contribution in [3.63, 3.8) is 0 Å². The van der Waals surface area contributed by atoms with E-state index in [0.717, 1.165) is 0 Å². The van der Waals surface area contributed by atoms with E-state index in [1.54, 1.807) is 13.8 Å². The number of aryl methyl sites for hydroxylation is 1. The van der Waals surface area contributed by atoms with E-state index >= 15 is 0 Å². The summed E-state index contributed by atoms with van der Waals surface area (Å²) in [6.45, 7) is 3.37. The molecule has 0 saturated carbocycles. The Balaban J connectivity index is 2.92. The minimum absolute atomic E-state index is 0.163. The fraction of sp³-hybridized carbons (Fsp3) is 0.700. The number of hydrogen-bond donors (Lipinski definition) is 1. The molecule has 2 unspecified atom stereocenters. The summed E-state index contributed by atoms with van der Waals surface area (Å²) in [7, 11) is 0. The molecule has 1 aromatic heterocycles. The first-order valence-electron chi connectivity index (χ1n) is 5.65. The Hall–Kier alpha value is -1.64. The van der Waals surface area contributed by atoms with Gasteiger partial charge >= 0.3 is 12.1 Å². The van der Waals surface area contributed by atoms with Gasteiger partial charge in [0.2, 0.25) is 11.7 Å². The van der Waals surface area contributed by atoms with Crippen LogP contribution in [0.1, 0.15) is 38.1 Å². The van der Waals surface area contributed by atoms with Crippen LogP contribution in [-0.2, 0) is 16.0 Å². The Kier molecular flexibility index (Phi) is 4.87. The first-order chi connectivity index (χ1) is 8.79. The molecule has 0 fully saturated rings. The zero-order valence-electron chi connectivity index (χ0n) is 10.4. The number of aromatic nitrogens is 2. The van der Waals surface area contributed by atoms with Crippen molar-refractivity contribution in [2.24, 2.45) is 5.73 Å². The molecule has 9 heteroatoms. The van der Waals surface area contributed by atoms with Crippen molar-refractivity contribution < 1.29 is 27.2 Å². The van der Waals surface area contributed by atoms with Crippen molar-refractivity contribution in [1.82, 2.24) is 10.1 Å². The van der Waals surface area contributed by atoms with Crippen LogP contribution in [0.25, 0.3) is 0 Å². The van der Waals surface area contributed by atoms with Crippen molar-refractivity contribution in [2.75, 3.05) is 0 Å². The molecule has 0 aliphatic heterocycles. The molecule has 0 saturated heterocycles. The minimum atomic E-state index is -5.09. The number of nitrogens with two attached hydrogens (primary N) is 1. The molecule has 1 heterocycles. The van der Waals surface area contributed by atoms with E-state index < -0.39 is 24.3 Å². The zero-order chi connectivity index (χ0) is 14.6. The molecule has 2 N–H and O–H groups in total. The quantitative estimate of drug-likeness (QED) is 0.823. The van der Waals surface area contributed by atoms with E-state index in [1.165, 1.54) is 0 Å². The summed E-state index contributed by atoms with van der Waals surface area (Å²) in [4.78, 5) is 14.7. The first-order valence-corrected chi connectivity index (χ1v) is 5.65. The third-order valence-electron chi connectivity index (χ3n) is 2.37. The lowest BCUT2D eigenvalue weighted by Gasteiger charge is -2.20. The average molecular weight is 281 g/mol. The van der Waals surface area contributed by atoms with Crippen molar-refractivity contribution in [2.45, 2.75) is 45.0 Å². The van der Waals surface area contributed by atoms with Crippen LogP contribution in [0, 0.1) is 0 Å². The first kappa shape index (κ1) is 15.4. The van der Waals surface area contributed by atoms with Gasteiger partial charge in [0.25, 0.3) is 0 Å². The van der Waals surface area contributed by atoms with Gasteiger partial charge in [-0.3, -0.25) is 0 Å². The Bertz CT molecular complexity index is 433. The summed E-state index contributed by atoms with van der Waals surface area (Å²) >= 11 is 0. The van der Waals surface area contributed by atoms with E-state index in [-0.39, 0.29) is 18.1 Å². The number of carbonyl (C=O) groups is 1. The van der Waals surface area contributed by atoms with Crippen LogP contribution in [-0.4, -0.2) is 28.3 Å². The number of hydrogen-bond acceptors (Lipinski definition) is 6. The molecule has 0 radical (unpaired) electrons. The molecule has 0 aliphatic rings. The normalized spacial score (nSPS) is 15.1. The number of rotatable bonds is 5. The fourth-order valence-electron chi connectivity index (χ4n) is 1.25. The Morgan fingerprint density at radius 2 is 2.11 bits per heavy atom. The van der Waals surface area contributed by atoms with Gasteiger partial charge in [-0.15, -0.1) is 0 Å². The molecule has 6 nitrogen and oxygen atoms in total. The van der Waals surface area contributed by atoms with Crippen LogP contribution in [0.2, 0.25) is 0 Å². The molecule has 0 aromatic carbocycles. The number of esters is 1. The molecule has 1 rings (SSSR count). The maximum absolute atomic E-state index is 12.2. The number of halogens is 3. The Morgan fingerprint density at radius 3 is 2.53 bits per heavy atom. The summed E-state index contributed by atoms with van der Waals surface area (Å²) in [6, 6.07) is -0.853. The molecule has 0 aliphatic carbocycles. The van der Waals surface area contributed by atoms with Crippen molar-refractivity contribution >= 4 is 5.97 Å². The predicted octanol–water partition coefficient (Wildman–Crippen LogP) is 1.52. The number of ether oxygens (including phenoxy) is 1. The topological polar surface area (TPSA) is 91.2 Å². The van der Waals surface area contributed by atoms with E-state index in [1.807, 2.05) is 0 Å². The Labute approximate surface area is 107 Å². The van der Waals surface area contributed by atoms with Gasteiger partial charge in [0, 0.05) is 12.5 Å². The van der Waals surface area contributed by atoms with E-state index in [9.17, 15) is 18.0 Å². The van der Waals surface area contributed by atoms with E-state index in [0.29, 0.717) is 6.42 Å². The van der Waals surface area contributed by atoms with Gasteiger partial charge in [-0.25, -0.2) is 4.79 Å². The van der Waals surface area contributed by atoms with E-state index in [2.05, 4.69) is 14.9 Å². The highest BCUT2D eigenvalue weighted by atomic mass is 19.4. The van der Waals surface area contributed by atoms with Gasteiger partial charge in [-0.1, -0.05) is 19.0 Å². The van der Waals surface area contributed by atoms with Gasteiger partial charge in [-0.05, 0) is 6.42 Å². The second-order valence-electron chi connectivity index (χ2n) is 3.80. The zero-order valence-corrected chi connectivity index (χ0v) is 10.4. The summed E-state index contributed by atoms with van der Waals surface area (Å²) < 4.78 is 45.7. The molecular formula is C10H14F3N3O3. The van der Waals surface area contributed by atoms with Crippen LogP contribution < -0.4 is 5.73 Å². The third-order valence-corrected chi connectivity index (χ3v) is 2.37. The van der Waals surface area contributed by atoms with Crippen molar-refractivity contribution in [3.05, 3.63) is 11.7 Å². The standard InChI is InChI=1S/C10H14F3N3O3/c1-3-5(14)7(18-9(17)10(11,12)13)8-15-6(4-2)19-16-8/h5,7H,3-4,14H2,1-2H3. The van der Waals surface area contributed by atoms with Gasteiger partial charge in [-0.2, -0.15) is 18.2 Å². The van der Waals surface area contributed by atoms with E-state index in [4.69, 9.17) is 10.3 Å². The number of nitrogens with zero attached hydrogens (tertiary/aromatic N) is 2. The largest absolute Gasteiger partial charge is 0.490 e. The fourth-order valence-corrected chi connectivity index (χ4v) is 1.25. The minimum Gasteiger partial charge on any atom is -0.446 e. The van der Waals surface area contributed by atoms with Gasteiger partial charge in [0.05, 0.1) is 0 Å². The number of carbonyl (C=O) groups excluding carboxylic acids is 1. The summed E-state index contributed by atoms with van der Waals surface area (Å²) in [5.41, 5.74) is 5.63.